The molecule has 2 N–H and O–H groups in total. The number of aromatic nitrogens is 3. The second kappa shape index (κ2) is 8.26. The Morgan fingerprint density at radius 1 is 1.31 bits per heavy atom. The van der Waals surface area contributed by atoms with Crippen molar-refractivity contribution in [1.82, 2.24) is 14.8 Å². The van der Waals surface area contributed by atoms with Gasteiger partial charge in [-0.1, -0.05) is 59.8 Å². The third-order valence-corrected chi connectivity index (χ3v) is 5.81. The normalized spacial score (nSPS) is 15.5. The molecule has 0 spiro atoms. The first-order valence-corrected chi connectivity index (χ1v) is 10.4. The third kappa shape index (κ3) is 4.44. The first-order chi connectivity index (χ1) is 14.0. The lowest BCUT2D eigenvalue weighted by molar-refractivity contribution is -0.125. The van der Waals surface area contributed by atoms with E-state index in [9.17, 15) is 9.59 Å². The molecule has 148 valence electrons. The minimum atomic E-state index is -0.780. The molecular formula is C20H18ClN5O2S. The predicted molar refractivity (Wildman–Crippen MR) is 113 cm³/mol. The van der Waals surface area contributed by atoms with Gasteiger partial charge in [0.1, 0.15) is 6.04 Å². The molecule has 1 aromatic heterocycles. The molecule has 3 aromatic rings. The first-order valence-electron chi connectivity index (χ1n) is 9.00. The highest BCUT2D eigenvalue weighted by atomic mass is 35.5. The number of fused-ring (bicyclic) bond motifs is 1. The molecule has 0 bridgehead atoms. The molecule has 2 aromatic carbocycles. The van der Waals surface area contributed by atoms with Gasteiger partial charge in [-0.05, 0) is 30.2 Å². The molecule has 0 fully saturated rings. The van der Waals surface area contributed by atoms with Crippen molar-refractivity contribution >= 4 is 46.8 Å². The van der Waals surface area contributed by atoms with Gasteiger partial charge in [0.2, 0.25) is 22.9 Å². The number of anilines is 2. The summed E-state index contributed by atoms with van der Waals surface area (Å²) in [6.45, 7) is 1.88. The second-order valence-electron chi connectivity index (χ2n) is 6.66. The molecule has 0 saturated carbocycles. The van der Waals surface area contributed by atoms with Crippen LogP contribution in [0, 0.1) is 6.92 Å². The zero-order valence-electron chi connectivity index (χ0n) is 15.6. The fourth-order valence-corrected chi connectivity index (χ4v) is 3.89. The molecule has 29 heavy (non-hydrogen) atoms. The lowest BCUT2D eigenvalue weighted by Crippen LogP contribution is -2.36. The van der Waals surface area contributed by atoms with Crippen molar-refractivity contribution < 1.29 is 9.59 Å². The number of carbonyl (C=O) groups excluding carboxylic acids is 2. The van der Waals surface area contributed by atoms with Gasteiger partial charge in [-0.25, -0.2) is 4.68 Å². The summed E-state index contributed by atoms with van der Waals surface area (Å²) >= 11 is 7.58. The van der Waals surface area contributed by atoms with Crippen LogP contribution in [0.4, 0.5) is 11.6 Å². The van der Waals surface area contributed by atoms with E-state index in [1.807, 2.05) is 43.3 Å². The highest BCUT2D eigenvalue weighted by molar-refractivity contribution is 7.98. The van der Waals surface area contributed by atoms with E-state index in [-0.39, 0.29) is 24.2 Å². The number of hydrogen-bond acceptors (Lipinski definition) is 5. The maximum atomic E-state index is 12.8. The van der Waals surface area contributed by atoms with Gasteiger partial charge in [0.15, 0.2) is 0 Å². The van der Waals surface area contributed by atoms with Crippen molar-refractivity contribution in [3.63, 3.8) is 0 Å². The van der Waals surface area contributed by atoms with E-state index in [2.05, 4.69) is 20.7 Å². The summed E-state index contributed by atoms with van der Waals surface area (Å²) in [4.78, 5) is 29.3. The highest BCUT2D eigenvalue weighted by Gasteiger charge is 2.33. The summed E-state index contributed by atoms with van der Waals surface area (Å²) in [5, 5.41) is 11.0. The van der Waals surface area contributed by atoms with Crippen LogP contribution in [-0.2, 0) is 15.3 Å². The van der Waals surface area contributed by atoms with E-state index in [4.69, 9.17) is 11.6 Å². The molecule has 0 radical (unpaired) electrons. The van der Waals surface area contributed by atoms with Crippen molar-refractivity contribution in [2.24, 2.45) is 0 Å². The Morgan fingerprint density at radius 2 is 2.10 bits per heavy atom. The van der Waals surface area contributed by atoms with Crippen LogP contribution in [0.2, 0.25) is 5.02 Å². The van der Waals surface area contributed by atoms with E-state index in [0.717, 1.165) is 11.1 Å². The van der Waals surface area contributed by atoms with E-state index >= 15 is 0 Å². The van der Waals surface area contributed by atoms with Gasteiger partial charge in [-0.15, -0.1) is 5.10 Å². The van der Waals surface area contributed by atoms with Crippen molar-refractivity contribution in [3.05, 3.63) is 64.7 Å². The molecule has 2 amide bonds. The van der Waals surface area contributed by atoms with Gasteiger partial charge >= 0.3 is 0 Å². The maximum Gasteiger partial charge on any atom is 0.249 e. The Kier molecular flexibility index (Phi) is 5.55. The van der Waals surface area contributed by atoms with Crippen LogP contribution in [0.1, 0.15) is 23.6 Å². The van der Waals surface area contributed by atoms with Gasteiger partial charge in [0.05, 0.1) is 6.42 Å². The van der Waals surface area contributed by atoms with Gasteiger partial charge in [-0.3, -0.25) is 14.9 Å². The second-order valence-corrected chi connectivity index (χ2v) is 8.01. The first kappa shape index (κ1) is 19.5. The molecule has 0 aliphatic carbocycles. The van der Waals surface area contributed by atoms with Crippen LogP contribution >= 0.6 is 23.4 Å². The minimum Gasteiger partial charge on any atom is -0.324 e. The molecule has 1 atom stereocenters. The average Bonchev–Trinajstić information content (AvgIpc) is 3.12. The SMILES string of the molecule is Cc1ccc(NC(=O)[C@@H]2CC(=O)Nc3nc(SCc4ccccc4)nn32)cc1Cl. The van der Waals surface area contributed by atoms with Gasteiger partial charge < -0.3 is 5.32 Å². The Labute approximate surface area is 176 Å². The van der Waals surface area contributed by atoms with Crippen LogP contribution in [0.15, 0.2) is 53.7 Å². The topological polar surface area (TPSA) is 88.9 Å². The number of halogens is 1. The number of benzene rings is 2. The zero-order chi connectivity index (χ0) is 20.4. The number of nitrogens with one attached hydrogen (secondary N) is 2. The summed E-state index contributed by atoms with van der Waals surface area (Å²) in [5.74, 6) is 0.354. The van der Waals surface area contributed by atoms with Crippen LogP contribution in [0.5, 0.6) is 0 Å². The summed E-state index contributed by atoms with van der Waals surface area (Å²) < 4.78 is 1.47. The smallest absolute Gasteiger partial charge is 0.249 e. The van der Waals surface area contributed by atoms with E-state index < -0.39 is 6.04 Å². The summed E-state index contributed by atoms with van der Waals surface area (Å²) in [5.41, 5.74) is 2.62. The molecule has 0 unspecified atom stereocenters. The van der Waals surface area contributed by atoms with E-state index in [1.165, 1.54) is 16.4 Å². The number of rotatable bonds is 5. The summed E-state index contributed by atoms with van der Waals surface area (Å²) in [6.07, 6.45) is -0.00935. The molecular weight excluding hydrogens is 410 g/mol. The Balaban J connectivity index is 1.51. The number of thioether (sulfide) groups is 1. The number of hydrogen-bond donors (Lipinski definition) is 2. The third-order valence-electron chi connectivity index (χ3n) is 4.49. The lowest BCUT2D eigenvalue weighted by Gasteiger charge is -2.22. The van der Waals surface area contributed by atoms with Gasteiger partial charge in [-0.2, -0.15) is 4.98 Å². The van der Waals surface area contributed by atoms with Crippen molar-refractivity contribution in [3.8, 4) is 0 Å². The largest absolute Gasteiger partial charge is 0.324 e. The number of carbonyl (C=O) groups is 2. The quantitative estimate of drug-likeness (QED) is 0.599. The standard InChI is InChI=1S/C20H18ClN5O2S/c1-12-7-8-14(9-15(12)21)22-18(28)16-10-17(27)23-19-24-20(25-26(16)19)29-11-13-5-3-2-4-6-13/h2-9,16H,10-11H2,1H3,(H,22,28)(H,23,24,25,27)/t16-/m0/s1. The number of amides is 2. The summed E-state index contributed by atoms with van der Waals surface area (Å²) in [7, 11) is 0. The van der Waals surface area contributed by atoms with E-state index in [1.54, 1.807) is 12.1 Å². The van der Waals surface area contributed by atoms with Crippen LogP contribution in [0.25, 0.3) is 0 Å². The van der Waals surface area contributed by atoms with Gasteiger partial charge in [0, 0.05) is 16.5 Å². The maximum absolute atomic E-state index is 12.8. The van der Waals surface area contributed by atoms with E-state index in [0.29, 0.717) is 21.6 Å². The number of aryl methyl sites for hydroxylation is 1. The molecule has 4 rings (SSSR count). The Hall–Kier alpha value is -2.84. The Bertz CT molecular complexity index is 1070. The lowest BCUT2D eigenvalue weighted by atomic mass is 10.1. The fourth-order valence-electron chi connectivity index (χ4n) is 2.93. The highest BCUT2D eigenvalue weighted by Crippen LogP contribution is 2.29. The molecule has 9 heteroatoms. The fraction of sp³-hybridized carbons (Fsp3) is 0.200. The molecule has 0 saturated heterocycles. The van der Waals surface area contributed by atoms with Crippen LogP contribution < -0.4 is 10.6 Å². The van der Waals surface area contributed by atoms with Crippen LogP contribution in [0.3, 0.4) is 0 Å². The monoisotopic (exact) mass is 427 g/mol. The molecule has 7 nitrogen and oxygen atoms in total. The van der Waals surface area contributed by atoms with Crippen LogP contribution in [-0.4, -0.2) is 26.6 Å². The summed E-state index contributed by atoms with van der Waals surface area (Å²) in [6, 6.07) is 14.4. The predicted octanol–water partition coefficient (Wildman–Crippen LogP) is 4.05. The Morgan fingerprint density at radius 3 is 2.86 bits per heavy atom. The molecule has 1 aliphatic heterocycles. The van der Waals surface area contributed by atoms with Crippen molar-refractivity contribution in [2.45, 2.75) is 30.3 Å². The zero-order valence-corrected chi connectivity index (χ0v) is 17.1. The average molecular weight is 428 g/mol. The van der Waals surface area contributed by atoms with Crippen molar-refractivity contribution in [2.75, 3.05) is 10.6 Å². The molecule has 1 aliphatic rings. The molecule has 2 heterocycles. The van der Waals surface area contributed by atoms with Gasteiger partial charge in [0.25, 0.3) is 0 Å². The number of nitrogens with zero attached hydrogens (tertiary/aromatic N) is 3. The minimum absolute atomic E-state index is 0.00935. The van der Waals surface area contributed by atoms with Crippen molar-refractivity contribution in [1.29, 1.82) is 0 Å².